The van der Waals surface area contributed by atoms with Gasteiger partial charge in [0.2, 0.25) is 5.82 Å². The van der Waals surface area contributed by atoms with Gasteiger partial charge in [0.1, 0.15) is 11.6 Å². The second kappa shape index (κ2) is 3.58. The summed E-state index contributed by atoms with van der Waals surface area (Å²) in [4.78, 5) is 21.0. The van der Waals surface area contributed by atoms with Gasteiger partial charge in [-0.2, -0.15) is 4.39 Å². The maximum Gasteiger partial charge on any atom is 0.305 e. The van der Waals surface area contributed by atoms with Gasteiger partial charge in [-0.25, -0.2) is 4.39 Å². The molecule has 0 bridgehead atoms. The van der Waals surface area contributed by atoms with Crippen LogP contribution in [0.2, 0.25) is 0 Å². The molecule has 0 heterocycles. The highest BCUT2D eigenvalue weighted by molar-refractivity contribution is 5.91. The fourth-order valence-electron chi connectivity index (χ4n) is 2.02. The van der Waals surface area contributed by atoms with E-state index in [2.05, 4.69) is 0 Å². The van der Waals surface area contributed by atoms with Crippen molar-refractivity contribution in [1.82, 2.24) is 0 Å². The number of ketones is 1. The van der Waals surface area contributed by atoms with Crippen LogP contribution in [0, 0.1) is 21.7 Å². The van der Waals surface area contributed by atoms with Crippen LogP contribution in [0.5, 0.6) is 0 Å². The van der Waals surface area contributed by atoms with Crippen LogP contribution in [-0.4, -0.2) is 10.7 Å². The van der Waals surface area contributed by atoms with E-state index in [0.717, 1.165) is 12.1 Å². The Labute approximate surface area is 95.4 Å². The highest BCUT2D eigenvalue weighted by Crippen LogP contribution is 2.51. The minimum Gasteiger partial charge on any atom is -0.299 e. The summed E-state index contributed by atoms with van der Waals surface area (Å²) in [7, 11) is 0. The first kappa shape index (κ1) is 11.6. The van der Waals surface area contributed by atoms with E-state index in [0.29, 0.717) is 12.8 Å². The molecule has 1 fully saturated rings. The van der Waals surface area contributed by atoms with E-state index in [4.69, 9.17) is 0 Å². The molecule has 0 amide bonds. The van der Waals surface area contributed by atoms with Crippen LogP contribution in [0.4, 0.5) is 14.5 Å². The number of benzene rings is 1. The summed E-state index contributed by atoms with van der Waals surface area (Å²) in [5, 5.41) is 10.6. The fourth-order valence-corrected chi connectivity index (χ4v) is 2.02. The van der Waals surface area contributed by atoms with Crippen molar-refractivity contribution >= 4 is 11.5 Å². The molecule has 90 valence electrons. The highest BCUT2D eigenvalue weighted by atomic mass is 19.1. The van der Waals surface area contributed by atoms with E-state index in [1.807, 2.05) is 0 Å². The number of carbonyl (C=O) groups excluding carboxylic acids is 1. The number of Topliss-reactive ketones (excluding diaryl/α,β-unsaturated/α-hetero) is 1. The fraction of sp³-hybridized carbons (Fsp3) is 0.364. The lowest BCUT2D eigenvalue weighted by molar-refractivity contribution is -0.387. The van der Waals surface area contributed by atoms with Crippen molar-refractivity contribution < 1.29 is 18.5 Å². The standard InChI is InChI=1S/C11H9F2NO3/c1-6(15)11(4-5-11)9-7(12)2-3-8(10(9)13)14(16)17/h2-3H,4-5H2,1H3. The first-order valence-electron chi connectivity index (χ1n) is 5.04. The molecule has 0 saturated heterocycles. The van der Waals surface area contributed by atoms with E-state index >= 15 is 0 Å². The van der Waals surface area contributed by atoms with Crippen LogP contribution in [0.3, 0.4) is 0 Å². The maximum atomic E-state index is 13.8. The first-order chi connectivity index (χ1) is 7.90. The molecule has 1 aliphatic rings. The largest absolute Gasteiger partial charge is 0.305 e. The Morgan fingerprint density at radius 3 is 2.41 bits per heavy atom. The molecule has 2 rings (SSSR count). The zero-order valence-corrected chi connectivity index (χ0v) is 9.00. The van der Waals surface area contributed by atoms with Crippen molar-refractivity contribution in [2.75, 3.05) is 0 Å². The van der Waals surface area contributed by atoms with Gasteiger partial charge in [0.25, 0.3) is 0 Å². The lowest BCUT2D eigenvalue weighted by Crippen LogP contribution is -2.21. The number of nitro benzene ring substituents is 1. The Kier molecular flexibility index (Phi) is 2.45. The van der Waals surface area contributed by atoms with Gasteiger partial charge in [-0.1, -0.05) is 0 Å². The Morgan fingerprint density at radius 1 is 1.41 bits per heavy atom. The van der Waals surface area contributed by atoms with Crippen molar-refractivity contribution in [3.05, 3.63) is 39.4 Å². The second-order valence-electron chi connectivity index (χ2n) is 4.15. The summed E-state index contributed by atoms with van der Waals surface area (Å²) < 4.78 is 27.4. The summed E-state index contributed by atoms with van der Waals surface area (Å²) >= 11 is 0. The summed E-state index contributed by atoms with van der Waals surface area (Å²) in [5.74, 6) is -2.50. The third-order valence-corrected chi connectivity index (χ3v) is 3.17. The molecular formula is C11H9F2NO3. The molecule has 17 heavy (non-hydrogen) atoms. The zero-order valence-electron chi connectivity index (χ0n) is 9.00. The van der Waals surface area contributed by atoms with Crippen LogP contribution in [-0.2, 0) is 10.2 Å². The smallest absolute Gasteiger partial charge is 0.299 e. The van der Waals surface area contributed by atoms with Gasteiger partial charge in [-0.15, -0.1) is 0 Å². The van der Waals surface area contributed by atoms with Crippen molar-refractivity contribution in [2.45, 2.75) is 25.2 Å². The molecule has 6 heteroatoms. The number of rotatable bonds is 3. The Hall–Kier alpha value is -1.85. The van der Waals surface area contributed by atoms with Gasteiger partial charge in [0.15, 0.2) is 0 Å². The van der Waals surface area contributed by atoms with Crippen LogP contribution in [0.15, 0.2) is 12.1 Å². The lowest BCUT2D eigenvalue weighted by atomic mass is 9.90. The van der Waals surface area contributed by atoms with Gasteiger partial charge in [0.05, 0.1) is 10.3 Å². The number of hydrogen-bond donors (Lipinski definition) is 0. The minimum atomic E-state index is -1.23. The number of carbonyl (C=O) groups is 1. The van der Waals surface area contributed by atoms with Crippen molar-refractivity contribution in [2.24, 2.45) is 0 Å². The zero-order chi connectivity index (χ0) is 12.8. The van der Waals surface area contributed by atoms with Gasteiger partial charge in [-0.05, 0) is 25.8 Å². The second-order valence-corrected chi connectivity index (χ2v) is 4.15. The van der Waals surface area contributed by atoms with Gasteiger partial charge in [0, 0.05) is 11.6 Å². The van der Waals surface area contributed by atoms with Crippen LogP contribution < -0.4 is 0 Å². The topological polar surface area (TPSA) is 60.2 Å². The quantitative estimate of drug-likeness (QED) is 0.603. The van der Waals surface area contributed by atoms with Crippen LogP contribution in [0.25, 0.3) is 0 Å². The van der Waals surface area contributed by atoms with Gasteiger partial charge in [-0.3, -0.25) is 14.9 Å². The SMILES string of the molecule is CC(=O)C1(c2c(F)ccc([N+](=O)[O-])c2F)CC1. The van der Waals surface area contributed by atoms with E-state index in [1.165, 1.54) is 6.92 Å². The number of nitro groups is 1. The normalized spacial score (nSPS) is 16.6. The molecule has 0 aromatic heterocycles. The lowest BCUT2D eigenvalue weighted by Gasteiger charge is -2.13. The molecule has 1 aromatic rings. The molecule has 0 atom stereocenters. The third kappa shape index (κ3) is 1.60. The molecule has 0 aliphatic heterocycles. The predicted molar refractivity (Wildman–Crippen MR) is 54.6 cm³/mol. The number of nitrogens with zero attached hydrogens (tertiary/aromatic N) is 1. The molecule has 1 aliphatic carbocycles. The Morgan fingerprint density at radius 2 is 2.00 bits per heavy atom. The number of hydrogen-bond acceptors (Lipinski definition) is 3. The molecule has 0 radical (unpaired) electrons. The minimum absolute atomic E-state index is 0.331. The average Bonchev–Trinajstić information content (AvgIpc) is 2.98. The third-order valence-electron chi connectivity index (χ3n) is 3.17. The van der Waals surface area contributed by atoms with Crippen LogP contribution in [0.1, 0.15) is 25.3 Å². The van der Waals surface area contributed by atoms with Crippen molar-refractivity contribution in [3.63, 3.8) is 0 Å². The van der Waals surface area contributed by atoms with Crippen molar-refractivity contribution in [3.8, 4) is 0 Å². The van der Waals surface area contributed by atoms with Gasteiger partial charge < -0.3 is 0 Å². The molecule has 1 saturated carbocycles. The molecular weight excluding hydrogens is 232 g/mol. The molecule has 0 unspecified atom stereocenters. The summed E-state index contributed by atoms with van der Waals surface area (Å²) in [6, 6.07) is 1.60. The van der Waals surface area contributed by atoms with E-state index in [1.54, 1.807) is 0 Å². The van der Waals surface area contributed by atoms with E-state index in [-0.39, 0.29) is 5.78 Å². The summed E-state index contributed by atoms with van der Waals surface area (Å²) in [5.41, 5.74) is -2.45. The average molecular weight is 241 g/mol. The molecule has 0 N–H and O–H groups in total. The molecule has 4 nitrogen and oxygen atoms in total. The number of halogens is 2. The monoisotopic (exact) mass is 241 g/mol. The Balaban J connectivity index is 2.65. The van der Waals surface area contributed by atoms with Crippen molar-refractivity contribution in [1.29, 1.82) is 0 Å². The molecule has 0 spiro atoms. The van der Waals surface area contributed by atoms with E-state index < -0.39 is 33.2 Å². The maximum absolute atomic E-state index is 13.8. The first-order valence-corrected chi connectivity index (χ1v) is 5.04. The van der Waals surface area contributed by atoms with Crippen LogP contribution >= 0.6 is 0 Å². The Bertz CT molecular complexity index is 524. The van der Waals surface area contributed by atoms with Gasteiger partial charge >= 0.3 is 5.69 Å². The highest BCUT2D eigenvalue weighted by Gasteiger charge is 2.53. The van der Waals surface area contributed by atoms with E-state index in [9.17, 15) is 23.7 Å². The summed E-state index contributed by atoms with van der Waals surface area (Å²) in [6.45, 7) is 1.24. The summed E-state index contributed by atoms with van der Waals surface area (Å²) in [6.07, 6.45) is 0.661. The predicted octanol–water partition coefficient (Wildman–Crippen LogP) is 2.49. The molecule has 1 aromatic carbocycles.